The fourth-order valence-electron chi connectivity index (χ4n) is 0.848. The van der Waals surface area contributed by atoms with Crippen molar-refractivity contribution in [3.63, 3.8) is 0 Å². The monoisotopic (exact) mass is 203 g/mol. The Bertz CT molecular complexity index is 163. The summed E-state index contributed by atoms with van der Waals surface area (Å²) in [5.74, 6) is -0.311. The van der Waals surface area contributed by atoms with Gasteiger partial charge in [-0.1, -0.05) is 6.92 Å². The Kier molecular flexibility index (Phi) is 6.49. The Balaban J connectivity index is 3.36. The number of likely N-dealkylation sites (N-methyl/N-ethyl adjacent to an activating group) is 1. The molecule has 0 aliphatic heterocycles. The van der Waals surface area contributed by atoms with E-state index in [2.05, 4.69) is 5.32 Å². The van der Waals surface area contributed by atoms with E-state index in [1.54, 1.807) is 0 Å². The zero-order chi connectivity index (χ0) is 11.0. The Labute approximate surface area is 86.0 Å². The van der Waals surface area contributed by atoms with Crippen molar-refractivity contribution in [2.24, 2.45) is 0 Å². The molecule has 0 aliphatic rings. The SMILES string of the molecule is CCNCCOCC(=O)OC(C)(C)C. The van der Waals surface area contributed by atoms with E-state index < -0.39 is 5.60 Å². The number of rotatable bonds is 6. The summed E-state index contributed by atoms with van der Waals surface area (Å²) in [6.07, 6.45) is 0. The average Bonchev–Trinajstić information content (AvgIpc) is 2.00. The van der Waals surface area contributed by atoms with Gasteiger partial charge in [0, 0.05) is 6.54 Å². The number of nitrogens with one attached hydrogen (secondary N) is 1. The summed E-state index contributed by atoms with van der Waals surface area (Å²) in [4.78, 5) is 11.1. The van der Waals surface area contributed by atoms with E-state index >= 15 is 0 Å². The molecule has 0 heterocycles. The lowest BCUT2D eigenvalue weighted by Crippen LogP contribution is -2.27. The van der Waals surface area contributed by atoms with Gasteiger partial charge in [-0.3, -0.25) is 0 Å². The highest BCUT2D eigenvalue weighted by molar-refractivity contribution is 5.71. The van der Waals surface area contributed by atoms with E-state index in [1.807, 2.05) is 27.7 Å². The summed E-state index contributed by atoms with van der Waals surface area (Å²) in [7, 11) is 0. The van der Waals surface area contributed by atoms with E-state index in [-0.39, 0.29) is 12.6 Å². The van der Waals surface area contributed by atoms with Gasteiger partial charge in [0.1, 0.15) is 12.2 Å². The summed E-state index contributed by atoms with van der Waals surface area (Å²) in [6.45, 7) is 9.77. The van der Waals surface area contributed by atoms with Crippen LogP contribution in [0.4, 0.5) is 0 Å². The molecular weight excluding hydrogens is 182 g/mol. The molecule has 0 bridgehead atoms. The van der Waals surface area contributed by atoms with Gasteiger partial charge in [0.2, 0.25) is 0 Å². The lowest BCUT2D eigenvalue weighted by molar-refractivity contribution is -0.160. The van der Waals surface area contributed by atoms with Crippen LogP contribution in [0.5, 0.6) is 0 Å². The first-order chi connectivity index (χ1) is 6.45. The van der Waals surface area contributed by atoms with Crippen molar-refractivity contribution in [2.75, 3.05) is 26.3 Å². The van der Waals surface area contributed by atoms with Crippen molar-refractivity contribution in [1.82, 2.24) is 5.32 Å². The molecule has 0 radical (unpaired) electrons. The summed E-state index contributed by atoms with van der Waals surface area (Å²) < 4.78 is 10.2. The molecule has 0 unspecified atom stereocenters. The van der Waals surface area contributed by atoms with Crippen LogP contribution in [-0.2, 0) is 14.3 Å². The van der Waals surface area contributed by atoms with Crippen molar-refractivity contribution < 1.29 is 14.3 Å². The normalized spacial score (nSPS) is 11.4. The number of ether oxygens (including phenoxy) is 2. The van der Waals surface area contributed by atoms with Crippen LogP contribution in [-0.4, -0.2) is 37.9 Å². The molecule has 0 atom stereocenters. The molecule has 0 aromatic carbocycles. The molecule has 0 spiro atoms. The van der Waals surface area contributed by atoms with Gasteiger partial charge in [-0.2, -0.15) is 0 Å². The summed E-state index contributed by atoms with van der Waals surface area (Å²) in [6, 6.07) is 0. The molecule has 0 saturated carbocycles. The molecule has 0 fully saturated rings. The van der Waals surface area contributed by atoms with Crippen LogP contribution in [0.3, 0.4) is 0 Å². The molecule has 0 saturated heterocycles. The standard InChI is InChI=1S/C10H21NO3/c1-5-11-6-7-13-8-9(12)14-10(2,3)4/h11H,5-8H2,1-4H3. The maximum atomic E-state index is 11.1. The highest BCUT2D eigenvalue weighted by atomic mass is 16.6. The number of carbonyl (C=O) groups excluding carboxylic acids is 1. The van der Waals surface area contributed by atoms with Crippen LogP contribution in [0, 0.1) is 0 Å². The van der Waals surface area contributed by atoms with Gasteiger partial charge in [-0.25, -0.2) is 4.79 Å². The predicted molar refractivity (Wildman–Crippen MR) is 55.2 cm³/mol. The van der Waals surface area contributed by atoms with Gasteiger partial charge in [-0.05, 0) is 27.3 Å². The largest absolute Gasteiger partial charge is 0.458 e. The third-order valence-corrected chi connectivity index (χ3v) is 1.31. The third-order valence-electron chi connectivity index (χ3n) is 1.31. The number of esters is 1. The lowest BCUT2D eigenvalue weighted by atomic mass is 10.2. The molecule has 0 rings (SSSR count). The van der Waals surface area contributed by atoms with Gasteiger partial charge >= 0.3 is 5.97 Å². The first-order valence-corrected chi connectivity index (χ1v) is 4.96. The van der Waals surface area contributed by atoms with Crippen molar-refractivity contribution in [2.45, 2.75) is 33.3 Å². The van der Waals surface area contributed by atoms with Crippen LogP contribution in [0.15, 0.2) is 0 Å². The zero-order valence-electron chi connectivity index (χ0n) is 9.55. The van der Waals surface area contributed by atoms with Crippen LogP contribution in [0.1, 0.15) is 27.7 Å². The first kappa shape index (κ1) is 13.4. The van der Waals surface area contributed by atoms with Gasteiger partial charge < -0.3 is 14.8 Å². The second kappa shape index (κ2) is 6.79. The molecule has 0 aromatic rings. The molecule has 1 N–H and O–H groups in total. The zero-order valence-corrected chi connectivity index (χ0v) is 9.55. The van der Waals surface area contributed by atoms with E-state index in [0.29, 0.717) is 6.61 Å². The number of hydrogen-bond acceptors (Lipinski definition) is 4. The van der Waals surface area contributed by atoms with Crippen LogP contribution < -0.4 is 5.32 Å². The highest BCUT2D eigenvalue weighted by Crippen LogP contribution is 2.06. The fraction of sp³-hybridized carbons (Fsp3) is 0.900. The Hall–Kier alpha value is -0.610. The topological polar surface area (TPSA) is 47.6 Å². The summed E-state index contributed by atoms with van der Waals surface area (Å²) in [5.41, 5.74) is -0.428. The Morgan fingerprint density at radius 1 is 1.36 bits per heavy atom. The van der Waals surface area contributed by atoms with Gasteiger partial charge in [0.05, 0.1) is 6.61 Å². The third kappa shape index (κ3) is 9.48. The van der Waals surface area contributed by atoms with Crippen molar-refractivity contribution >= 4 is 5.97 Å². The number of hydrogen-bond donors (Lipinski definition) is 1. The molecule has 0 amide bonds. The van der Waals surface area contributed by atoms with Gasteiger partial charge in [0.25, 0.3) is 0 Å². The minimum atomic E-state index is -0.428. The van der Waals surface area contributed by atoms with Gasteiger partial charge in [-0.15, -0.1) is 0 Å². The molecule has 4 nitrogen and oxygen atoms in total. The molecule has 14 heavy (non-hydrogen) atoms. The fourth-order valence-corrected chi connectivity index (χ4v) is 0.848. The summed E-state index contributed by atoms with van der Waals surface area (Å²) in [5, 5.41) is 3.09. The highest BCUT2D eigenvalue weighted by Gasteiger charge is 2.15. The number of carbonyl (C=O) groups is 1. The molecule has 4 heteroatoms. The second-order valence-electron chi connectivity index (χ2n) is 3.99. The van der Waals surface area contributed by atoms with E-state index in [0.717, 1.165) is 13.1 Å². The van der Waals surface area contributed by atoms with Crippen molar-refractivity contribution in [1.29, 1.82) is 0 Å². The van der Waals surface area contributed by atoms with E-state index in [9.17, 15) is 4.79 Å². The van der Waals surface area contributed by atoms with Crippen LogP contribution >= 0.6 is 0 Å². The smallest absolute Gasteiger partial charge is 0.332 e. The quantitative estimate of drug-likeness (QED) is 0.516. The second-order valence-corrected chi connectivity index (χ2v) is 3.99. The molecule has 0 aliphatic carbocycles. The summed E-state index contributed by atoms with van der Waals surface area (Å²) >= 11 is 0. The van der Waals surface area contributed by atoms with Crippen LogP contribution in [0.25, 0.3) is 0 Å². The van der Waals surface area contributed by atoms with Gasteiger partial charge in [0.15, 0.2) is 0 Å². The maximum absolute atomic E-state index is 11.1. The Morgan fingerprint density at radius 3 is 2.50 bits per heavy atom. The first-order valence-electron chi connectivity index (χ1n) is 4.96. The predicted octanol–water partition coefficient (Wildman–Crippen LogP) is 0.954. The maximum Gasteiger partial charge on any atom is 0.332 e. The van der Waals surface area contributed by atoms with E-state index in [4.69, 9.17) is 9.47 Å². The Morgan fingerprint density at radius 2 is 2.00 bits per heavy atom. The van der Waals surface area contributed by atoms with E-state index in [1.165, 1.54) is 0 Å². The lowest BCUT2D eigenvalue weighted by Gasteiger charge is -2.19. The van der Waals surface area contributed by atoms with Crippen molar-refractivity contribution in [3.05, 3.63) is 0 Å². The molecule has 0 aromatic heterocycles. The molecule has 84 valence electrons. The minimum absolute atomic E-state index is 0.0304. The molecular formula is C10H21NO3. The van der Waals surface area contributed by atoms with Crippen LogP contribution in [0.2, 0.25) is 0 Å². The van der Waals surface area contributed by atoms with Crippen molar-refractivity contribution in [3.8, 4) is 0 Å². The minimum Gasteiger partial charge on any atom is -0.458 e. The average molecular weight is 203 g/mol.